The van der Waals surface area contributed by atoms with Crippen molar-refractivity contribution in [3.63, 3.8) is 0 Å². The van der Waals surface area contributed by atoms with E-state index in [9.17, 15) is 18.0 Å². The summed E-state index contributed by atoms with van der Waals surface area (Å²) in [5.74, 6) is -0.248. The van der Waals surface area contributed by atoms with Gasteiger partial charge in [-0.25, -0.2) is 0 Å². The van der Waals surface area contributed by atoms with Crippen molar-refractivity contribution in [2.45, 2.75) is 30.7 Å². The van der Waals surface area contributed by atoms with Crippen molar-refractivity contribution < 1.29 is 22.4 Å². The molecule has 0 bridgehead atoms. The molecule has 1 fully saturated rings. The molecule has 0 spiro atoms. The van der Waals surface area contributed by atoms with Gasteiger partial charge >= 0.3 is 6.18 Å². The fourth-order valence-electron chi connectivity index (χ4n) is 3.38. The number of rotatable bonds is 6. The Morgan fingerprint density at radius 2 is 2.00 bits per heavy atom. The molecule has 3 heterocycles. The van der Waals surface area contributed by atoms with E-state index in [0.29, 0.717) is 11.4 Å². The minimum atomic E-state index is -4.49. The highest BCUT2D eigenvalue weighted by Gasteiger charge is 2.32. The average Bonchev–Trinajstić information content (AvgIpc) is 3.44. The van der Waals surface area contributed by atoms with Gasteiger partial charge in [-0.05, 0) is 49.6 Å². The molecule has 11 heteroatoms. The number of thioether (sulfide) groups is 1. The number of carbonyl (C=O) groups excluding carboxylic acids is 1. The van der Waals surface area contributed by atoms with Gasteiger partial charge in [0.1, 0.15) is 5.69 Å². The van der Waals surface area contributed by atoms with E-state index in [1.165, 1.54) is 6.07 Å². The van der Waals surface area contributed by atoms with E-state index < -0.39 is 17.6 Å². The van der Waals surface area contributed by atoms with E-state index in [1.807, 2.05) is 4.90 Å². The first kappa shape index (κ1) is 21.3. The van der Waals surface area contributed by atoms with Crippen LogP contribution < -0.4 is 10.2 Å². The van der Waals surface area contributed by atoms with Gasteiger partial charge in [-0.3, -0.25) is 4.79 Å². The summed E-state index contributed by atoms with van der Waals surface area (Å²) in [5.41, 5.74) is 0.598. The van der Waals surface area contributed by atoms with Crippen LogP contribution in [-0.2, 0) is 11.0 Å². The third-order valence-electron chi connectivity index (χ3n) is 4.86. The number of nitrogens with zero attached hydrogens (tertiary/aromatic N) is 3. The Bertz CT molecular complexity index is 1030. The van der Waals surface area contributed by atoms with Gasteiger partial charge in [-0.1, -0.05) is 11.8 Å². The molecule has 3 aromatic rings. The molecule has 2 aromatic heterocycles. The van der Waals surface area contributed by atoms with Gasteiger partial charge in [0, 0.05) is 19.3 Å². The van der Waals surface area contributed by atoms with Gasteiger partial charge in [0.2, 0.25) is 5.91 Å². The molecule has 2 N–H and O–H groups in total. The number of amides is 1. The van der Waals surface area contributed by atoms with E-state index in [4.69, 9.17) is 4.42 Å². The summed E-state index contributed by atoms with van der Waals surface area (Å²) < 4.78 is 45.1. The van der Waals surface area contributed by atoms with Crippen LogP contribution >= 0.6 is 11.8 Å². The standard InChI is InChI=1S/C20H20F3N5O2S/c21-20(22,23)13-6-7-16(28-9-2-1-3-10-28)15(11-13)25-17(29)12-31-19-27-26-18(30-19)14-5-4-8-24-14/h4-8,11,24H,1-3,9-10,12H2,(H,25,29). The maximum atomic E-state index is 13.2. The minimum Gasteiger partial charge on any atom is -0.410 e. The zero-order valence-electron chi connectivity index (χ0n) is 16.4. The van der Waals surface area contributed by atoms with Crippen LogP contribution in [0.4, 0.5) is 24.5 Å². The minimum absolute atomic E-state index is 0.0813. The monoisotopic (exact) mass is 451 g/mol. The molecule has 7 nitrogen and oxygen atoms in total. The Hall–Kier alpha value is -2.95. The number of halogens is 3. The lowest BCUT2D eigenvalue weighted by atomic mass is 10.1. The highest BCUT2D eigenvalue weighted by atomic mass is 32.2. The molecule has 0 saturated carbocycles. The summed E-state index contributed by atoms with van der Waals surface area (Å²) in [5, 5.41) is 10.6. The number of anilines is 2. The van der Waals surface area contributed by atoms with Crippen LogP contribution in [0.2, 0.25) is 0 Å². The molecule has 1 amide bonds. The third kappa shape index (κ3) is 5.22. The number of nitrogens with one attached hydrogen (secondary N) is 2. The first-order valence-corrected chi connectivity index (χ1v) is 10.7. The van der Waals surface area contributed by atoms with Gasteiger partial charge in [0.05, 0.1) is 22.7 Å². The average molecular weight is 451 g/mol. The summed E-state index contributed by atoms with van der Waals surface area (Å²) in [7, 11) is 0. The second-order valence-electron chi connectivity index (χ2n) is 7.07. The van der Waals surface area contributed by atoms with E-state index in [0.717, 1.165) is 56.2 Å². The topological polar surface area (TPSA) is 87.0 Å². The number of aromatic amines is 1. The van der Waals surface area contributed by atoms with Gasteiger partial charge in [-0.2, -0.15) is 13.2 Å². The summed E-state index contributed by atoms with van der Waals surface area (Å²) >= 11 is 1.02. The van der Waals surface area contributed by atoms with Gasteiger partial charge in [0.15, 0.2) is 0 Å². The van der Waals surface area contributed by atoms with Crippen LogP contribution in [0, 0.1) is 0 Å². The maximum Gasteiger partial charge on any atom is 0.416 e. The predicted molar refractivity (Wildman–Crippen MR) is 111 cm³/mol. The van der Waals surface area contributed by atoms with Crippen molar-refractivity contribution in [1.29, 1.82) is 0 Å². The quantitative estimate of drug-likeness (QED) is 0.524. The summed E-state index contributed by atoms with van der Waals surface area (Å²) in [6.45, 7) is 1.49. The van der Waals surface area contributed by atoms with Crippen LogP contribution in [0.5, 0.6) is 0 Å². The molecule has 1 aromatic carbocycles. The van der Waals surface area contributed by atoms with Gasteiger partial charge in [-0.15, -0.1) is 10.2 Å². The Kier molecular flexibility index (Phi) is 6.21. The Balaban J connectivity index is 1.45. The molecule has 0 unspecified atom stereocenters. The Morgan fingerprint density at radius 1 is 1.19 bits per heavy atom. The van der Waals surface area contributed by atoms with E-state index in [1.54, 1.807) is 18.3 Å². The lowest BCUT2D eigenvalue weighted by Gasteiger charge is -2.31. The van der Waals surface area contributed by atoms with Gasteiger partial charge < -0.3 is 19.6 Å². The highest BCUT2D eigenvalue weighted by Crippen LogP contribution is 2.36. The molecule has 1 aliphatic heterocycles. The molecular weight excluding hydrogens is 431 g/mol. The third-order valence-corrected chi connectivity index (χ3v) is 5.67. The smallest absolute Gasteiger partial charge is 0.410 e. The second-order valence-corrected chi connectivity index (χ2v) is 8.00. The van der Waals surface area contributed by atoms with Crippen molar-refractivity contribution in [1.82, 2.24) is 15.2 Å². The van der Waals surface area contributed by atoms with Crippen LogP contribution in [0.3, 0.4) is 0 Å². The second kappa shape index (κ2) is 9.04. The fraction of sp³-hybridized carbons (Fsp3) is 0.350. The molecule has 31 heavy (non-hydrogen) atoms. The zero-order valence-corrected chi connectivity index (χ0v) is 17.2. The number of benzene rings is 1. The first-order valence-electron chi connectivity index (χ1n) is 9.76. The summed E-state index contributed by atoms with van der Waals surface area (Å²) in [6, 6.07) is 7.02. The van der Waals surface area contributed by atoms with Crippen LogP contribution in [-0.4, -0.2) is 39.9 Å². The number of alkyl halides is 3. The van der Waals surface area contributed by atoms with Crippen molar-refractivity contribution >= 4 is 29.0 Å². The number of aromatic nitrogens is 3. The predicted octanol–water partition coefficient (Wildman–Crippen LogP) is 4.80. The molecule has 1 aliphatic rings. The number of hydrogen-bond acceptors (Lipinski definition) is 6. The van der Waals surface area contributed by atoms with Gasteiger partial charge in [0.25, 0.3) is 11.1 Å². The van der Waals surface area contributed by atoms with E-state index >= 15 is 0 Å². The number of carbonyl (C=O) groups is 1. The molecule has 0 atom stereocenters. The van der Waals surface area contributed by atoms with Crippen molar-refractivity contribution in [2.24, 2.45) is 0 Å². The van der Waals surface area contributed by atoms with Crippen molar-refractivity contribution in [3.05, 3.63) is 42.1 Å². The van der Waals surface area contributed by atoms with Crippen LogP contribution in [0.25, 0.3) is 11.6 Å². The number of hydrogen-bond donors (Lipinski definition) is 2. The molecule has 1 saturated heterocycles. The van der Waals surface area contributed by atoms with E-state index in [-0.39, 0.29) is 22.6 Å². The molecule has 0 radical (unpaired) electrons. The number of piperidine rings is 1. The molecular formula is C20H20F3N5O2S. The Morgan fingerprint density at radius 3 is 2.71 bits per heavy atom. The van der Waals surface area contributed by atoms with Crippen molar-refractivity contribution in [2.75, 3.05) is 29.1 Å². The molecule has 164 valence electrons. The maximum absolute atomic E-state index is 13.2. The largest absolute Gasteiger partial charge is 0.416 e. The van der Waals surface area contributed by atoms with Crippen molar-refractivity contribution in [3.8, 4) is 11.6 Å². The van der Waals surface area contributed by atoms with E-state index in [2.05, 4.69) is 20.5 Å². The SMILES string of the molecule is O=C(CSc1nnc(-c2ccc[nH]2)o1)Nc1cc(C(F)(F)F)ccc1N1CCCCC1. The summed E-state index contributed by atoms with van der Waals surface area (Å²) in [6.07, 6.45) is 0.237. The molecule has 4 rings (SSSR count). The first-order chi connectivity index (χ1) is 14.9. The molecule has 0 aliphatic carbocycles. The fourth-order valence-corrected chi connectivity index (χ4v) is 3.94. The van der Waals surface area contributed by atoms with Crippen LogP contribution in [0.15, 0.2) is 46.2 Å². The normalized spacial score (nSPS) is 14.6. The van der Waals surface area contributed by atoms with Crippen LogP contribution in [0.1, 0.15) is 24.8 Å². The number of H-pyrrole nitrogens is 1. The zero-order chi connectivity index (χ0) is 21.8. The lowest BCUT2D eigenvalue weighted by Crippen LogP contribution is -2.30. The Labute approximate surface area is 180 Å². The highest BCUT2D eigenvalue weighted by molar-refractivity contribution is 7.99. The summed E-state index contributed by atoms with van der Waals surface area (Å²) in [4.78, 5) is 17.4. The lowest BCUT2D eigenvalue weighted by molar-refractivity contribution is -0.137.